The number of halogens is 1. The fourth-order valence-electron chi connectivity index (χ4n) is 1.63. The van der Waals surface area contributed by atoms with Crippen molar-refractivity contribution in [3.05, 3.63) is 35.8 Å². The summed E-state index contributed by atoms with van der Waals surface area (Å²) < 4.78 is 14.3. The molecule has 0 aliphatic rings. The van der Waals surface area contributed by atoms with Gasteiger partial charge in [0.15, 0.2) is 5.69 Å². The average molecular weight is 250 g/mol. The summed E-state index contributed by atoms with van der Waals surface area (Å²) in [5.74, 6) is -1.58. The van der Waals surface area contributed by atoms with Gasteiger partial charge in [-0.25, -0.2) is 13.9 Å². The van der Waals surface area contributed by atoms with Crippen molar-refractivity contribution >= 4 is 5.97 Å². The molecule has 0 aliphatic heterocycles. The molecule has 0 radical (unpaired) electrons. The highest BCUT2D eigenvalue weighted by atomic mass is 19.1. The molecule has 0 fully saturated rings. The van der Waals surface area contributed by atoms with E-state index in [1.54, 1.807) is 0 Å². The van der Waals surface area contributed by atoms with Gasteiger partial charge in [-0.3, -0.25) is 0 Å². The molecule has 0 atom stereocenters. The van der Waals surface area contributed by atoms with E-state index in [0.717, 1.165) is 0 Å². The molecule has 7 heteroatoms. The quantitative estimate of drug-likeness (QED) is 0.834. The predicted molar refractivity (Wildman–Crippen MR) is 61.4 cm³/mol. The summed E-state index contributed by atoms with van der Waals surface area (Å²) in [6.45, 7) is 0.642. The third-order valence-corrected chi connectivity index (χ3v) is 2.40. The van der Waals surface area contributed by atoms with Gasteiger partial charge in [0.1, 0.15) is 11.5 Å². The Kier molecular flexibility index (Phi) is 3.33. The van der Waals surface area contributed by atoms with Gasteiger partial charge in [0, 0.05) is 12.1 Å². The van der Waals surface area contributed by atoms with Gasteiger partial charge < -0.3 is 10.8 Å². The Morgan fingerprint density at radius 1 is 1.39 bits per heavy atom. The van der Waals surface area contributed by atoms with E-state index in [9.17, 15) is 9.18 Å². The van der Waals surface area contributed by atoms with E-state index < -0.39 is 11.8 Å². The van der Waals surface area contributed by atoms with Crippen molar-refractivity contribution in [1.29, 1.82) is 0 Å². The molecule has 0 spiro atoms. The van der Waals surface area contributed by atoms with Crippen molar-refractivity contribution in [2.45, 2.75) is 6.54 Å². The summed E-state index contributed by atoms with van der Waals surface area (Å²) in [5.41, 5.74) is 6.11. The van der Waals surface area contributed by atoms with Gasteiger partial charge in [-0.15, -0.1) is 5.10 Å². The van der Waals surface area contributed by atoms with Crippen LogP contribution in [0.3, 0.4) is 0 Å². The Hall–Kier alpha value is -2.28. The first-order chi connectivity index (χ1) is 8.63. The van der Waals surface area contributed by atoms with Crippen molar-refractivity contribution in [2.75, 3.05) is 6.54 Å². The van der Waals surface area contributed by atoms with Gasteiger partial charge in [-0.2, -0.15) is 0 Å². The molecule has 2 aromatic rings. The number of nitrogens with zero attached hydrogens (tertiary/aromatic N) is 3. The van der Waals surface area contributed by atoms with Gasteiger partial charge >= 0.3 is 5.97 Å². The normalized spacial score (nSPS) is 10.6. The summed E-state index contributed by atoms with van der Waals surface area (Å²) in [7, 11) is 0. The van der Waals surface area contributed by atoms with Crippen LogP contribution in [-0.4, -0.2) is 32.6 Å². The molecule has 3 N–H and O–H groups in total. The van der Waals surface area contributed by atoms with Crippen molar-refractivity contribution in [3.8, 4) is 11.3 Å². The maximum absolute atomic E-state index is 12.9. The lowest BCUT2D eigenvalue weighted by Crippen LogP contribution is -2.12. The number of hydrogen-bond acceptors (Lipinski definition) is 4. The number of benzene rings is 1. The summed E-state index contributed by atoms with van der Waals surface area (Å²) in [5, 5.41) is 16.4. The van der Waals surface area contributed by atoms with Crippen LogP contribution in [0.1, 0.15) is 10.5 Å². The predicted octanol–water partition coefficient (Wildman–Crippen LogP) is 0.741. The monoisotopic (exact) mass is 250 g/mol. The molecule has 6 nitrogen and oxygen atoms in total. The first kappa shape index (κ1) is 12.2. The fourth-order valence-corrected chi connectivity index (χ4v) is 1.63. The summed E-state index contributed by atoms with van der Waals surface area (Å²) in [4.78, 5) is 11.1. The first-order valence-electron chi connectivity index (χ1n) is 5.26. The van der Waals surface area contributed by atoms with E-state index in [4.69, 9.17) is 10.8 Å². The Morgan fingerprint density at radius 2 is 2.06 bits per heavy atom. The Morgan fingerprint density at radius 3 is 2.61 bits per heavy atom. The highest BCUT2D eigenvalue weighted by molar-refractivity contribution is 5.92. The maximum atomic E-state index is 12.9. The van der Waals surface area contributed by atoms with Crippen molar-refractivity contribution in [1.82, 2.24) is 15.0 Å². The van der Waals surface area contributed by atoms with Gasteiger partial charge in [-0.05, 0) is 24.3 Å². The average Bonchev–Trinajstić information content (AvgIpc) is 2.75. The Balaban J connectivity index is 2.55. The van der Waals surface area contributed by atoms with Crippen molar-refractivity contribution < 1.29 is 14.3 Å². The van der Waals surface area contributed by atoms with Crippen molar-refractivity contribution in [2.24, 2.45) is 5.73 Å². The standard InChI is InChI=1S/C11H11FN4O2/c12-8-3-1-7(2-4-8)10-9(11(17)18)14-15-16(10)6-5-13/h1-4H,5-6,13H2,(H,17,18). The third kappa shape index (κ3) is 2.21. The largest absolute Gasteiger partial charge is 0.476 e. The minimum Gasteiger partial charge on any atom is -0.476 e. The molecule has 0 unspecified atom stereocenters. The van der Waals surface area contributed by atoms with Crippen LogP contribution in [0.2, 0.25) is 0 Å². The van der Waals surface area contributed by atoms with E-state index in [1.165, 1.54) is 28.9 Å². The summed E-state index contributed by atoms with van der Waals surface area (Å²) in [6, 6.07) is 5.46. The highest BCUT2D eigenvalue weighted by Crippen LogP contribution is 2.22. The van der Waals surface area contributed by atoms with E-state index in [2.05, 4.69) is 10.3 Å². The van der Waals surface area contributed by atoms with Crippen LogP contribution < -0.4 is 5.73 Å². The van der Waals surface area contributed by atoms with Crippen molar-refractivity contribution in [3.63, 3.8) is 0 Å². The molecule has 1 heterocycles. The molecule has 18 heavy (non-hydrogen) atoms. The molecule has 0 saturated heterocycles. The SMILES string of the molecule is NCCn1nnc(C(=O)O)c1-c1ccc(F)cc1. The molecular formula is C11H11FN4O2. The second-order valence-corrected chi connectivity index (χ2v) is 3.61. The van der Waals surface area contributed by atoms with Gasteiger partial charge in [0.05, 0.1) is 6.54 Å². The van der Waals surface area contributed by atoms with Crippen LogP contribution in [0, 0.1) is 5.82 Å². The molecule has 0 bridgehead atoms. The lowest BCUT2D eigenvalue weighted by atomic mass is 10.1. The number of carboxylic acid groups (broad SMARTS) is 1. The number of carboxylic acids is 1. The molecule has 1 aromatic carbocycles. The molecule has 0 amide bonds. The number of aromatic nitrogens is 3. The highest BCUT2D eigenvalue weighted by Gasteiger charge is 2.20. The molecule has 0 aliphatic carbocycles. The van der Waals surface area contributed by atoms with E-state index in [1.807, 2.05) is 0 Å². The number of hydrogen-bond donors (Lipinski definition) is 2. The van der Waals surface area contributed by atoms with Crippen LogP contribution in [0.25, 0.3) is 11.3 Å². The summed E-state index contributed by atoms with van der Waals surface area (Å²) >= 11 is 0. The van der Waals surface area contributed by atoms with Crippen LogP contribution in [0.4, 0.5) is 4.39 Å². The second kappa shape index (κ2) is 4.92. The smallest absolute Gasteiger partial charge is 0.358 e. The van der Waals surface area contributed by atoms with E-state index >= 15 is 0 Å². The zero-order valence-corrected chi connectivity index (χ0v) is 9.38. The molecule has 94 valence electrons. The second-order valence-electron chi connectivity index (χ2n) is 3.61. The summed E-state index contributed by atoms with van der Waals surface area (Å²) in [6.07, 6.45) is 0. The molecular weight excluding hydrogens is 239 g/mol. The zero-order valence-electron chi connectivity index (χ0n) is 9.38. The molecule has 2 rings (SSSR count). The number of rotatable bonds is 4. The minimum absolute atomic E-state index is 0.171. The topological polar surface area (TPSA) is 94.0 Å². The number of aromatic carboxylic acids is 1. The van der Waals surface area contributed by atoms with Crippen LogP contribution in [0.5, 0.6) is 0 Å². The van der Waals surface area contributed by atoms with Gasteiger partial charge in [0.2, 0.25) is 0 Å². The van der Waals surface area contributed by atoms with E-state index in [0.29, 0.717) is 24.3 Å². The fraction of sp³-hybridized carbons (Fsp3) is 0.182. The van der Waals surface area contributed by atoms with E-state index in [-0.39, 0.29) is 5.69 Å². The number of carbonyl (C=O) groups is 1. The number of nitrogens with two attached hydrogens (primary N) is 1. The lowest BCUT2D eigenvalue weighted by Gasteiger charge is -2.05. The Bertz CT molecular complexity index is 565. The third-order valence-electron chi connectivity index (χ3n) is 2.40. The van der Waals surface area contributed by atoms with Gasteiger partial charge in [0.25, 0.3) is 0 Å². The minimum atomic E-state index is -1.18. The van der Waals surface area contributed by atoms with Crippen LogP contribution in [-0.2, 0) is 6.54 Å². The molecule has 0 saturated carbocycles. The lowest BCUT2D eigenvalue weighted by molar-refractivity contribution is 0.0691. The van der Waals surface area contributed by atoms with Crippen LogP contribution >= 0.6 is 0 Å². The maximum Gasteiger partial charge on any atom is 0.358 e. The van der Waals surface area contributed by atoms with Crippen LogP contribution in [0.15, 0.2) is 24.3 Å². The Labute approximate surface area is 102 Å². The van der Waals surface area contributed by atoms with Gasteiger partial charge in [-0.1, -0.05) is 5.21 Å². The zero-order chi connectivity index (χ0) is 13.1. The molecule has 1 aromatic heterocycles. The first-order valence-corrected chi connectivity index (χ1v) is 5.26.